The van der Waals surface area contributed by atoms with Crippen molar-refractivity contribution < 1.29 is 0 Å². The Bertz CT molecular complexity index is 740. The SMILES string of the molecule is CC1(C)CCc2cc(N)ccc2C(c2ccc(C=N)cc2)=N1. The van der Waals surface area contributed by atoms with Crippen molar-refractivity contribution in [1.29, 1.82) is 5.41 Å². The molecule has 1 aliphatic heterocycles. The molecule has 0 aliphatic carbocycles. The third-order valence-electron chi connectivity index (χ3n) is 4.16. The number of hydrogen-bond donors (Lipinski definition) is 2. The number of rotatable bonds is 2. The molecule has 112 valence electrons. The van der Waals surface area contributed by atoms with Gasteiger partial charge in [-0.25, -0.2) is 0 Å². The lowest BCUT2D eigenvalue weighted by atomic mass is 9.94. The maximum atomic E-state index is 7.33. The molecular weight excluding hydrogens is 270 g/mol. The van der Waals surface area contributed by atoms with Crippen molar-refractivity contribution in [3.63, 3.8) is 0 Å². The molecule has 22 heavy (non-hydrogen) atoms. The summed E-state index contributed by atoms with van der Waals surface area (Å²) in [6.45, 7) is 4.35. The molecule has 0 unspecified atom stereocenters. The fourth-order valence-corrected chi connectivity index (χ4v) is 2.87. The second-order valence-electron chi connectivity index (χ2n) is 6.46. The zero-order valence-electron chi connectivity index (χ0n) is 13.1. The van der Waals surface area contributed by atoms with Crippen LogP contribution >= 0.6 is 0 Å². The van der Waals surface area contributed by atoms with Crippen molar-refractivity contribution in [2.45, 2.75) is 32.2 Å². The molecule has 3 rings (SSSR count). The molecule has 0 saturated carbocycles. The highest BCUT2D eigenvalue weighted by atomic mass is 14.9. The van der Waals surface area contributed by atoms with Gasteiger partial charge >= 0.3 is 0 Å². The molecule has 0 saturated heterocycles. The second kappa shape index (κ2) is 5.41. The van der Waals surface area contributed by atoms with Crippen LogP contribution in [0.3, 0.4) is 0 Å². The molecule has 0 spiro atoms. The van der Waals surface area contributed by atoms with Gasteiger partial charge in [-0.2, -0.15) is 0 Å². The van der Waals surface area contributed by atoms with Crippen LogP contribution in [0.4, 0.5) is 5.69 Å². The summed E-state index contributed by atoms with van der Waals surface area (Å²) in [5.41, 5.74) is 12.1. The van der Waals surface area contributed by atoms with Crippen molar-refractivity contribution in [2.24, 2.45) is 4.99 Å². The van der Waals surface area contributed by atoms with Crippen molar-refractivity contribution in [2.75, 3.05) is 5.73 Å². The van der Waals surface area contributed by atoms with Crippen LogP contribution in [0.5, 0.6) is 0 Å². The molecular formula is C19H21N3. The average molecular weight is 291 g/mol. The normalized spacial score (nSPS) is 16.4. The number of hydrogen-bond acceptors (Lipinski definition) is 3. The molecule has 1 aliphatic rings. The quantitative estimate of drug-likeness (QED) is 0.641. The number of nitrogens with zero attached hydrogens (tertiary/aromatic N) is 1. The average Bonchev–Trinajstić information content (AvgIpc) is 2.64. The van der Waals surface area contributed by atoms with E-state index in [9.17, 15) is 0 Å². The lowest BCUT2D eigenvalue weighted by molar-refractivity contribution is 0.485. The summed E-state index contributed by atoms with van der Waals surface area (Å²) in [6.07, 6.45) is 3.35. The molecule has 0 amide bonds. The summed E-state index contributed by atoms with van der Waals surface area (Å²) in [4.78, 5) is 5.02. The van der Waals surface area contributed by atoms with Gasteiger partial charge in [-0.15, -0.1) is 0 Å². The van der Waals surface area contributed by atoms with E-state index in [2.05, 4.69) is 26.0 Å². The number of fused-ring (bicyclic) bond motifs is 1. The zero-order chi connectivity index (χ0) is 15.7. The van der Waals surface area contributed by atoms with Crippen LogP contribution in [0.2, 0.25) is 0 Å². The third kappa shape index (κ3) is 2.80. The van der Waals surface area contributed by atoms with Gasteiger partial charge in [-0.05, 0) is 49.9 Å². The van der Waals surface area contributed by atoms with E-state index in [-0.39, 0.29) is 5.54 Å². The summed E-state index contributed by atoms with van der Waals surface area (Å²) >= 11 is 0. The smallest absolute Gasteiger partial charge is 0.0728 e. The van der Waals surface area contributed by atoms with Gasteiger partial charge in [0.15, 0.2) is 0 Å². The number of aliphatic imine (C=N–C) groups is 1. The summed E-state index contributed by atoms with van der Waals surface area (Å²) < 4.78 is 0. The molecule has 2 aromatic carbocycles. The number of aryl methyl sites for hydroxylation is 1. The Morgan fingerprint density at radius 2 is 1.86 bits per heavy atom. The van der Waals surface area contributed by atoms with Gasteiger partial charge < -0.3 is 11.1 Å². The van der Waals surface area contributed by atoms with Gasteiger partial charge in [-0.1, -0.05) is 30.3 Å². The minimum absolute atomic E-state index is 0.0939. The van der Waals surface area contributed by atoms with E-state index in [1.165, 1.54) is 17.3 Å². The maximum Gasteiger partial charge on any atom is 0.0728 e. The van der Waals surface area contributed by atoms with E-state index in [0.717, 1.165) is 35.4 Å². The van der Waals surface area contributed by atoms with Gasteiger partial charge in [0.05, 0.1) is 11.3 Å². The Morgan fingerprint density at radius 1 is 1.14 bits per heavy atom. The summed E-state index contributed by atoms with van der Waals surface area (Å²) in [7, 11) is 0. The van der Waals surface area contributed by atoms with Crippen LogP contribution in [0.1, 0.15) is 42.5 Å². The van der Waals surface area contributed by atoms with E-state index in [4.69, 9.17) is 16.1 Å². The molecule has 0 atom stereocenters. The lowest BCUT2D eigenvalue weighted by Crippen LogP contribution is -2.18. The fourth-order valence-electron chi connectivity index (χ4n) is 2.87. The minimum atomic E-state index is -0.0939. The van der Waals surface area contributed by atoms with Gasteiger partial charge in [-0.3, -0.25) is 4.99 Å². The highest BCUT2D eigenvalue weighted by Crippen LogP contribution is 2.29. The van der Waals surface area contributed by atoms with Gasteiger partial charge in [0.2, 0.25) is 0 Å². The van der Waals surface area contributed by atoms with Gasteiger partial charge in [0.25, 0.3) is 0 Å². The van der Waals surface area contributed by atoms with Crippen molar-refractivity contribution >= 4 is 17.6 Å². The first-order valence-corrected chi connectivity index (χ1v) is 7.58. The first-order valence-electron chi connectivity index (χ1n) is 7.58. The Labute approximate surface area is 131 Å². The van der Waals surface area contributed by atoms with Crippen molar-refractivity contribution in [1.82, 2.24) is 0 Å². The summed E-state index contributed by atoms with van der Waals surface area (Å²) in [5, 5.41) is 7.33. The van der Waals surface area contributed by atoms with Gasteiger partial charge in [0, 0.05) is 23.0 Å². The number of benzene rings is 2. The van der Waals surface area contributed by atoms with Crippen LogP contribution in [0.15, 0.2) is 47.5 Å². The van der Waals surface area contributed by atoms with E-state index >= 15 is 0 Å². The summed E-state index contributed by atoms with van der Waals surface area (Å²) in [5.74, 6) is 0. The Kier molecular flexibility index (Phi) is 3.57. The lowest BCUT2D eigenvalue weighted by Gasteiger charge is -2.18. The number of nitrogens with one attached hydrogen (secondary N) is 1. The Balaban J connectivity index is 2.16. The predicted molar refractivity (Wildman–Crippen MR) is 93.2 cm³/mol. The number of nitrogen functional groups attached to an aromatic ring is 1. The van der Waals surface area contributed by atoms with E-state index in [0.29, 0.717) is 0 Å². The molecule has 2 aromatic rings. The van der Waals surface area contributed by atoms with E-state index < -0.39 is 0 Å². The molecule has 0 bridgehead atoms. The van der Waals surface area contributed by atoms with Gasteiger partial charge in [0.1, 0.15) is 0 Å². The van der Waals surface area contributed by atoms with Crippen LogP contribution in [0.25, 0.3) is 0 Å². The van der Waals surface area contributed by atoms with Crippen LogP contribution in [-0.4, -0.2) is 17.5 Å². The Morgan fingerprint density at radius 3 is 2.55 bits per heavy atom. The zero-order valence-corrected chi connectivity index (χ0v) is 13.1. The van der Waals surface area contributed by atoms with Crippen molar-refractivity contribution in [3.8, 4) is 0 Å². The minimum Gasteiger partial charge on any atom is -0.399 e. The monoisotopic (exact) mass is 291 g/mol. The van der Waals surface area contributed by atoms with Crippen LogP contribution in [0, 0.1) is 5.41 Å². The molecule has 3 nitrogen and oxygen atoms in total. The van der Waals surface area contributed by atoms with Crippen molar-refractivity contribution in [3.05, 3.63) is 64.7 Å². The van der Waals surface area contributed by atoms with Crippen LogP contribution in [-0.2, 0) is 6.42 Å². The van der Waals surface area contributed by atoms with Crippen LogP contribution < -0.4 is 5.73 Å². The number of nitrogens with two attached hydrogens (primary N) is 1. The molecule has 3 heteroatoms. The number of anilines is 1. The summed E-state index contributed by atoms with van der Waals surface area (Å²) in [6, 6.07) is 14.1. The van der Waals surface area contributed by atoms with E-state index in [1.54, 1.807) is 0 Å². The maximum absolute atomic E-state index is 7.33. The highest BCUT2D eigenvalue weighted by molar-refractivity contribution is 6.14. The fraction of sp³-hybridized carbons (Fsp3) is 0.263. The molecule has 0 fully saturated rings. The molecule has 0 radical (unpaired) electrons. The third-order valence-corrected chi connectivity index (χ3v) is 4.16. The second-order valence-corrected chi connectivity index (χ2v) is 6.46. The molecule has 1 heterocycles. The first kappa shape index (κ1) is 14.5. The van der Waals surface area contributed by atoms with E-state index in [1.807, 2.05) is 30.3 Å². The topological polar surface area (TPSA) is 62.2 Å². The highest BCUT2D eigenvalue weighted by Gasteiger charge is 2.24. The predicted octanol–water partition coefficient (Wildman–Crippen LogP) is 3.83. The standard InChI is InChI=1S/C19H21N3/c1-19(2)10-9-15-11-16(21)7-8-17(15)18(22-19)14-5-3-13(12-20)4-6-14/h3-8,11-12,20H,9-10,21H2,1-2H3. The molecule has 3 N–H and O–H groups in total. The first-order chi connectivity index (χ1) is 10.5. The molecule has 0 aromatic heterocycles. The Hall–Kier alpha value is -2.42. The largest absolute Gasteiger partial charge is 0.399 e.